The number of carbonyl (C=O) groups excluding carboxylic acids is 2. The number of pyridine rings is 1. The van der Waals surface area contributed by atoms with Crippen molar-refractivity contribution in [3.05, 3.63) is 87.6 Å². The van der Waals surface area contributed by atoms with E-state index < -0.39 is 5.97 Å². The number of nitrogens with one attached hydrogen (secondary N) is 1. The SMILES string of the molecule is O=C(COC(=O)c1c2c(nc3ccccc13)C(=Cc1ccco1)CC2)NCc1cccs1. The second-order valence-electron chi connectivity index (χ2n) is 7.45. The summed E-state index contributed by atoms with van der Waals surface area (Å²) in [5.74, 6) is -0.0973. The molecule has 1 aliphatic rings. The molecule has 0 saturated heterocycles. The molecule has 3 aromatic heterocycles. The fourth-order valence-corrected chi connectivity index (χ4v) is 4.56. The third-order valence-corrected chi connectivity index (χ3v) is 6.26. The van der Waals surface area contributed by atoms with Crippen molar-refractivity contribution in [2.24, 2.45) is 0 Å². The molecule has 7 heteroatoms. The number of furan rings is 1. The molecule has 0 atom stereocenters. The lowest BCUT2D eigenvalue weighted by Crippen LogP contribution is -2.28. The van der Waals surface area contributed by atoms with E-state index in [0.29, 0.717) is 24.0 Å². The van der Waals surface area contributed by atoms with E-state index in [2.05, 4.69) is 5.32 Å². The number of hydrogen-bond donors (Lipinski definition) is 1. The Bertz CT molecular complexity index is 1310. The van der Waals surface area contributed by atoms with Gasteiger partial charge in [0.25, 0.3) is 5.91 Å². The molecule has 32 heavy (non-hydrogen) atoms. The molecule has 0 spiro atoms. The van der Waals surface area contributed by atoms with Crippen LogP contribution in [0.25, 0.3) is 22.6 Å². The number of hydrogen-bond acceptors (Lipinski definition) is 6. The zero-order chi connectivity index (χ0) is 21.9. The fourth-order valence-electron chi connectivity index (χ4n) is 3.91. The van der Waals surface area contributed by atoms with Gasteiger partial charge in [0, 0.05) is 10.3 Å². The third-order valence-electron chi connectivity index (χ3n) is 5.38. The highest BCUT2D eigenvalue weighted by Gasteiger charge is 2.28. The summed E-state index contributed by atoms with van der Waals surface area (Å²) < 4.78 is 10.9. The highest BCUT2D eigenvalue weighted by atomic mass is 32.1. The minimum atomic E-state index is -0.509. The fraction of sp³-hybridized carbons (Fsp3) is 0.160. The molecule has 160 valence electrons. The van der Waals surface area contributed by atoms with Crippen LogP contribution in [0.4, 0.5) is 0 Å². The lowest BCUT2D eigenvalue weighted by Gasteiger charge is -2.12. The number of thiophene rings is 1. The number of nitrogens with zero attached hydrogens (tertiary/aromatic N) is 1. The zero-order valence-corrected chi connectivity index (χ0v) is 18.0. The van der Waals surface area contributed by atoms with Gasteiger partial charge in [-0.3, -0.25) is 4.79 Å². The monoisotopic (exact) mass is 444 g/mol. The molecule has 0 unspecified atom stereocenters. The van der Waals surface area contributed by atoms with Crippen LogP contribution in [-0.4, -0.2) is 23.5 Å². The summed E-state index contributed by atoms with van der Waals surface area (Å²) in [6.07, 6.45) is 5.01. The molecule has 4 aromatic rings. The van der Waals surface area contributed by atoms with Crippen LogP contribution in [0, 0.1) is 0 Å². The summed E-state index contributed by atoms with van der Waals surface area (Å²) in [6, 6.07) is 15.1. The van der Waals surface area contributed by atoms with Gasteiger partial charge in [-0.05, 0) is 59.7 Å². The van der Waals surface area contributed by atoms with E-state index >= 15 is 0 Å². The van der Waals surface area contributed by atoms with Gasteiger partial charge in [0.05, 0.1) is 29.6 Å². The van der Waals surface area contributed by atoms with Crippen molar-refractivity contribution in [2.75, 3.05) is 6.61 Å². The molecule has 0 bridgehead atoms. The molecule has 1 aromatic carbocycles. The Morgan fingerprint density at radius 3 is 2.84 bits per heavy atom. The van der Waals surface area contributed by atoms with E-state index in [0.717, 1.165) is 39.3 Å². The molecule has 5 rings (SSSR count). The van der Waals surface area contributed by atoms with E-state index in [1.165, 1.54) is 0 Å². The standard InChI is InChI=1S/C25H20N2O4S/c28-22(26-14-18-6-4-12-32-18)15-31-25(29)23-19-7-1-2-8-21(19)27-24-16(9-10-20(23)24)13-17-5-3-11-30-17/h1-8,11-13H,9-10,14-15H2,(H,26,28). The number of aromatic nitrogens is 1. The smallest absolute Gasteiger partial charge is 0.339 e. The van der Waals surface area contributed by atoms with E-state index in [9.17, 15) is 9.59 Å². The predicted octanol–water partition coefficient (Wildman–Crippen LogP) is 4.85. The lowest BCUT2D eigenvalue weighted by molar-refractivity contribution is -0.124. The van der Waals surface area contributed by atoms with Gasteiger partial charge < -0.3 is 14.5 Å². The highest BCUT2D eigenvalue weighted by Crippen LogP contribution is 2.37. The van der Waals surface area contributed by atoms with Gasteiger partial charge in [0.2, 0.25) is 0 Å². The number of amides is 1. The van der Waals surface area contributed by atoms with E-state index in [-0.39, 0.29) is 12.5 Å². The van der Waals surface area contributed by atoms with Crippen molar-refractivity contribution in [2.45, 2.75) is 19.4 Å². The largest absolute Gasteiger partial charge is 0.465 e. The van der Waals surface area contributed by atoms with Crippen molar-refractivity contribution >= 4 is 45.8 Å². The van der Waals surface area contributed by atoms with Crippen LogP contribution in [-0.2, 0) is 22.5 Å². The average molecular weight is 445 g/mol. The molecule has 0 radical (unpaired) electrons. The minimum Gasteiger partial charge on any atom is -0.465 e. The number of rotatable bonds is 6. The molecular formula is C25H20N2O4S. The molecule has 0 fully saturated rings. The predicted molar refractivity (Wildman–Crippen MR) is 123 cm³/mol. The van der Waals surface area contributed by atoms with E-state index in [4.69, 9.17) is 14.1 Å². The van der Waals surface area contributed by atoms with Gasteiger partial charge in [0.1, 0.15) is 5.76 Å². The molecular weight excluding hydrogens is 424 g/mol. The van der Waals surface area contributed by atoms with Gasteiger partial charge in [-0.2, -0.15) is 0 Å². The first-order chi connectivity index (χ1) is 15.7. The quantitative estimate of drug-likeness (QED) is 0.430. The maximum Gasteiger partial charge on any atom is 0.339 e. The van der Waals surface area contributed by atoms with Crippen LogP contribution in [0.5, 0.6) is 0 Å². The number of allylic oxidation sites excluding steroid dienone is 1. The summed E-state index contributed by atoms with van der Waals surface area (Å²) in [5, 5.41) is 5.46. The summed E-state index contributed by atoms with van der Waals surface area (Å²) in [6.45, 7) is 0.0906. The first kappa shape index (κ1) is 20.2. The lowest BCUT2D eigenvalue weighted by atomic mass is 10.0. The zero-order valence-electron chi connectivity index (χ0n) is 17.2. The molecule has 0 aliphatic heterocycles. The Hall–Kier alpha value is -3.71. The second-order valence-corrected chi connectivity index (χ2v) is 8.48. The van der Waals surface area contributed by atoms with Gasteiger partial charge in [-0.25, -0.2) is 9.78 Å². The molecule has 1 N–H and O–H groups in total. The summed E-state index contributed by atoms with van der Waals surface area (Å²) in [5.41, 5.74) is 3.86. The summed E-state index contributed by atoms with van der Waals surface area (Å²) in [4.78, 5) is 31.2. The number of ether oxygens (including phenoxy) is 1. The Morgan fingerprint density at radius 2 is 2.03 bits per heavy atom. The topological polar surface area (TPSA) is 81.4 Å². The number of fused-ring (bicyclic) bond motifs is 2. The highest BCUT2D eigenvalue weighted by molar-refractivity contribution is 7.09. The normalized spacial score (nSPS) is 13.9. The Kier molecular flexibility index (Phi) is 5.56. The Morgan fingerprint density at radius 1 is 1.12 bits per heavy atom. The first-order valence-corrected chi connectivity index (χ1v) is 11.2. The van der Waals surface area contributed by atoms with Crippen molar-refractivity contribution in [1.29, 1.82) is 0 Å². The van der Waals surface area contributed by atoms with E-state index in [1.807, 2.05) is 60.0 Å². The van der Waals surface area contributed by atoms with Crippen LogP contribution in [0.3, 0.4) is 0 Å². The first-order valence-electron chi connectivity index (χ1n) is 10.3. The van der Waals surface area contributed by atoms with Crippen LogP contribution in [0.1, 0.15) is 38.7 Å². The molecule has 1 amide bonds. The van der Waals surface area contributed by atoms with E-state index in [1.54, 1.807) is 17.6 Å². The van der Waals surface area contributed by atoms with Gasteiger partial charge in [-0.15, -0.1) is 11.3 Å². The molecule has 1 aliphatic carbocycles. The summed E-state index contributed by atoms with van der Waals surface area (Å²) >= 11 is 1.56. The number of para-hydroxylation sites is 1. The molecule has 0 saturated carbocycles. The van der Waals surface area contributed by atoms with Crippen LogP contribution >= 0.6 is 11.3 Å². The van der Waals surface area contributed by atoms with Crippen LogP contribution in [0.2, 0.25) is 0 Å². The molecule has 3 heterocycles. The number of carbonyl (C=O) groups is 2. The second kappa shape index (κ2) is 8.80. The van der Waals surface area contributed by atoms with Crippen molar-refractivity contribution in [3.8, 4) is 0 Å². The maximum absolute atomic E-state index is 13.1. The maximum atomic E-state index is 13.1. The van der Waals surface area contributed by atoms with Gasteiger partial charge >= 0.3 is 5.97 Å². The van der Waals surface area contributed by atoms with Crippen LogP contribution in [0.15, 0.2) is 64.6 Å². The minimum absolute atomic E-state index is 0.329. The summed E-state index contributed by atoms with van der Waals surface area (Å²) in [7, 11) is 0. The van der Waals surface area contributed by atoms with Gasteiger partial charge in [-0.1, -0.05) is 24.3 Å². The van der Waals surface area contributed by atoms with Crippen molar-refractivity contribution in [1.82, 2.24) is 10.3 Å². The Labute approximate surface area is 188 Å². The van der Waals surface area contributed by atoms with Crippen LogP contribution < -0.4 is 5.32 Å². The number of esters is 1. The van der Waals surface area contributed by atoms with Crippen molar-refractivity contribution in [3.63, 3.8) is 0 Å². The van der Waals surface area contributed by atoms with Crippen molar-refractivity contribution < 1.29 is 18.7 Å². The third kappa shape index (κ3) is 4.07. The Balaban J connectivity index is 1.40. The average Bonchev–Trinajstić information content (AvgIpc) is 3.58. The number of benzene rings is 1. The van der Waals surface area contributed by atoms with Gasteiger partial charge in [0.15, 0.2) is 6.61 Å². The molecule has 6 nitrogen and oxygen atoms in total.